The van der Waals surface area contributed by atoms with Gasteiger partial charge in [0.05, 0.1) is 6.20 Å². The van der Waals surface area contributed by atoms with Crippen molar-refractivity contribution in [2.45, 2.75) is 46.1 Å². The lowest BCUT2D eigenvalue weighted by Gasteiger charge is -2.15. The number of aromatic nitrogens is 2. The fourth-order valence-corrected chi connectivity index (χ4v) is 2.77. The third-order valence-electron chi connectivity index (χ3n) is 3.99. The van der Waals surface area contributed by atoms with Gasteiger partial charge in [-0.2, -0.15) is 5.10 Å². The van der Waals surface area contributed by atoms with Crippen LogP contribution in [-0.2, 0) is 11.3 Å². The van der Waals surface area contributed by atoms with E-state index in [4.69, 9.17) is 0 Å². The van der Waals surface area contributed by atoms with Gasteiger partial charge in [-0.25, -0.2) is 0 Å². The number of rotatable bonds is 9. The van der Waals surface area contributed by atoms with E-state index in [1.165, 1.54) is 5.56 Å². The smallest absolute Gasteiger partial charge is 0.222 e. The zero-order valence-electron chi connectivity index (χ0n) is 15.3. The van der Waals surface area contributed by atoms with E-state index in [0.717, 1.165) is 64.5 Å². The van der Waals surface area contributed by atoms with E-state index in [1.807, 2.05) is 22.7 Å². The van der Waals surface area contributed by atoms with E-state index in [1.54, 1.807) is 0 Å². The number of carbonyl (C=O) groups is 1. The quantitative estimate of drug-likeness (QED) is 0.254. The van der Waals surface area contributed by atoms with Crippen LogP contribution in [0.2, 0.25) is 0 Å². The molecule has 0 aromatic carbocycles. The molecule has 8 heteroatoms. The van der Waals surface area contributed by atoms with Crippen LogP contribution in [0.25, 0.3) is 0 Å². The second-order valence-electron chi connectivity index (χ2n) is 6.16. The van der Waals surface area contributed by atoms with Gasteiger partial charge in [-0.1, -0.05) is 0 Å². The Morgan fingerprint density at radius 2 is 2.16 bits per heavy atom. The summed E-state index contributed by atoms with van der Waals surface area (Å²) in [5.41, 5.74) is 1.19. The fraction of sp³-hybridized carbons (Fsp3) is 0.706. The van der Waals surface area contributed by atoms with Crippen molar-refractivity contribution in [3.63, 3.8) is 0 Å². The van der Waals surface area contributed by atoms with Gasteiger partial charge in [-0.3, -0.25) is 14.5 Å². The van der Waals surface area contributed by atoms with Crippen LogP contribution in [0.4, 0.5) is 0 Å². The van der Waals surface area contributed by atoms with Crippen molar-refractivity contribution in [1.82, 2.24) is 25.3 Å². The van der Waals surface area contributed by atoms with Crippen molar-refractivity contribution in [2.75, 3.05) is 32.7 Å². The molecule has 1 amide bonds. The molecule has 1 saturated heterocycles. The highest BCUT2D eigenvalue weighted by Gasteiger charge is 2.18. The van der Waals surface area contributed by atoms with Crippen molar-refractivity contribution in [3.05, 3.63) is 18.0 Å². The molecule has 0 radical (unpaired) electrons. The largest absolute Gasteiger partial charge is 0.357 e. The van der Waals surface area contributed by atoms with Gasteiger partial charge in [-0.05, 0) is 38.7 Å². The highest BCUT2D eigenvalue weighted by molar-refractivity contribution is 14.0. The molecule has 1 aliphatic heterocycles. The third-order valence-corrected chi connectivity index (χ3v) is 3.99. The first-order valence-corrected chi connectivity index (χ1v) is 8.98. The highest BCUT2D eigenvalue weighted by atomic mass is 127. The molecule has 142 valence electrons. The summed E-state index contributed by atoms with van der Waals surface area (Å²) in [4.78, 5) is 18.1. The van der Waals surface area contributed by atoms with Crippen LogP contribution >= 0.6 is 24.0 Å². The van der Waals surface area contributed by atoms with Crippen molar-refractivity contribution in [2.24, 2.45) is 4.99 Å². The zero-order chi connectivity index (χ0) is 17.2. The lowest BCUT2D eigenvalue weighted by Crippen LogP contribution is -2.38. The standard InChI is InChI=1S/C17H30N6O.HI/c1-3-18-17(19-8-5-11-22-10-4-7-16(22)24)20-9-6-12-23-14-15(2)13-21-23;/h13-14H,3-12H2,1-2H3,(H2,18,19,20);1H. The summed E-state index contributed by atoms with van der Waals surface area (Å²) in [7, 11) is 0. The van der Waals surface area contributed by atoms with Crippen LogP contribution in [0.15, 0.2) is 17.4 Å². The molecule has 1 aromatic heterocycles. The molecule has 1 aliphatic rings. The third kappa shape index (κ3) is 8.06. The van der Waals surface area contributed by atoms with E-state index in [9.17, 15) is 4.79 Å². The first kappa shape index (κ1) is 21.7. The van der Waals surface area contributed by atoms with Gasteiger partial charge < -0.3 is 15.5 Å². The molecule has 0 atom stereocenters. The zero-order valence-corrected chi connectivity index (χ0v) is 17.7. The van der Waals surface area contributed by atoms with Crippen LogP contribution in [0.5, 0.6) is 0 Å². The van der Waals surface area contributed by atoms with Gasteiger partial charge in [0.2, 0.25) is 5.91 Å². The van der Waals surface area contributed by atoms with Gasteiger partial charge in [0.1, 0.15) is 0 Å². The summed E-state index contributed by atoms with van der Waals surface area (Å²) in [6.45, 7) is 9.17. The monoisotopic (exact) mass is 462 g/mol. The number of aliphatic imine (C=N–C) groups is 1. The van der Waals surface area contributed by atoms with Crippen molar-refractivity contribution in [3.8, 4) is 0 Å². The first-order valence-electron chi connectivity index (χ1n) is 8.98. The Kier molecular flexibility index (Phi) is 10.5. The van der Waals surface area contributed by atoms with Crippen LogP contribution < -0.4 is 10.6 Å². The van der Waals surface area contributed by atoms with E-state index < -0.39 is 0 Å². The normalized spacial score (nSPS) is 14.6. The Labute approximate surface area is 167 Å². The number of halogens is 1. The summed E-state index contributed by atoms with van der Waals surface area (Å²) < 4.78 is 1.97. The van der Waals surface area contributed by atoms with Crippen molar-refractivity contribution < 1.29 is 4.79 Å². The van der Waals surface area contributed by atoms with Gasteiger partial charge in [-0.15, -0.1) is 24.0 Å². The Bertz CT molecular complexity index is 545. The number of aryl methyl sites for hydroxylation is 2. The predicted molar refractivity (Wildman–Crippen MR) is 111 cm³/mol. The van der Waals surface area contributed by atoms with E-state index in [-0.39, 0.29) is 29.9 Å². The van der Waals surface area contributed by atoms with Crippen LogP contribution in [0.1, 0.15) is 38.2 Å². The summed E-state index contributed by atoms with van der Waals surface area (Å²) in [6, 6.07) is 0. The minimum atomic E-state index is 0. The number of nitrogens with zero attached hydrogens (tertiary/aromatic N) is 4. The number of likely N-dealkylation sites (tertiary alicyclic amines) is 1. The Morgan fingerprint density at radius 1 is 1.32 bits per heavy atom. The Hall–Kier alpha value is -1.32. The molecule has 25 heavy (non-hydrogen) atoms. The second kappa shape index (κ2) is 12.1. The molecular weight excluding hydrogens is 431 g/mol. The maximum atomic E-state index is 11.6. The minimum absolute atomic E-state index is 0. The molecule has 2 N–H and O–H groups in total. The van der Waals surface area contributed by atoms with Crippen LogP contribution in [-0.4, -0.2) is 59.3 Å². The average molecular weight is 462 g/mol. The van der Waals surface area contributed by atoms with E-state index in [2.05, 4.69) is 33.8 Å². The summed E-state index contributed by atoms with van der Waals surface area (Å²) in [6.07, 6.45) is 7.55. The molecule has 7 nitrogen and oxygen atoms in total. The maximum Gasteiger partial charge on any atom is 0.222 e. The van der Waals surface area contributed by atoms with Gasteiger partial charge in [0, 0.05) is 51.9 Å². The van der Waals surface area contributed by atoms with Crippen LogP contribution in [0.3, 0.4) is 0 Å². The number of hydrogen-bond donors (Lipinski definition) is 2. The number of nitrogens with one attached hydrogen (secondary N) is 2. The number of hydrogen-bond acceptors (Lipinski definition) is 3. The lowest BCUT2D eigenvalue weighted by molar-refractivity contribution is -0.127. The van der Waals surface area contributed by atoms with Crippen molar-refractivity contribution >= 4 is 35.8 Å². The topological polar surface area (TPSA) is 74.6 Å². The molecule has 0 aliphatic carbocycles. The van der Waals surface area contributed by atoms with E-state index >= 15 is 0 Å². The first-order chi connectivity index (χ1) is 11.7. The molecule has 0 unspecified atom stereocenters. The summed E-state index contributed by atoms with van der Waals surface area (Å²) in [5.74, 6) is 1.14. The summed E-state index contributed by atoms with van der Waals surface area (Å²) >= 11 is 0. The number of guanidine groups is 1. The lowest BCUT2D eigenvalue weighted by atomic mass is 10.4. The molecule has 2 rings (SSSR count). The van der Waals surface area contributed by atoms with Gasteiger partial charge >= 0.3 is 0 Å². The number of carbonyl (C=O) groups excluding carboxylic acids is 1. The Balaban J connectivity index is 0.00000312. The predicted octanol–water partition coefficient (Wildman–Crippen LogP) is 1.77. The second-order valence-corrected chi connectivity index (χ2v) is 6.16. The van der Waals surface area contributed by atoms with Gasteiger partial charge in [0.15, 0.2) is 5.96 Å². The fourth-order valence-electron chi connectivity index (χ4n) is 2.77. The van der Waals surface area contributed by atoms with Gasteiger partial charge in [0.25, 0.3) is 0 Å². The molecule has 1 fully saturated rings. The summed E-state index contributed by atoms with van der Waals surface area (Å²) in [5, 5.41) is 10.9. The molecule has 1 aromatic rings. The van der Waals surface area contributed by atoms with E-state index in [0.29, 0.717) is 6.42 Å². The molecule has 0 spiro atoms. The molecule has 0 saturated carbocycles. The molecule has 2 heterocycles. The maximum absolute atomic E-state index is 11.6. The molecular formula is C17H31IN6O. The Morgan fingerprint density at radius 3 is 2.80 bits per heavy atom. The number of amides is 1. The minimum Gasteiger partial charge on any atom is -0.357 e. The SMILES string of the molecule is CCNC(=NCCCN1CCCC1=O)NCCCn1cc(C)cn1.I. The molecule has 0 bridgehead atoms. The van der Waals surface area contributed by atoms with Crippen LogP contribution in [0, 0.1) is 6.92 Å². The average Bonchev–Trinajstić information content (AvgIpc) is 3.16. The van der Waals surface area contributed by atoms with Crippen molar-refractivity contribution in [1.29, 1.82) is 0 Å². The highest BCUT2D eigenvalue weighted by Crippen LogP contribution is 2.09.